The maximum Gasteiger partial charge on any atom is 0.310 e. The second-order valence-electron chi connectivity index (χ2n) is 6.80. The fourth-order valence-corrected chi connectivity index (χ4v) is 3.40. The molecule has 1 fully saturated rings. The summed E-state index contributed by atoms with van der Waals surface area (Å²) in [5.74, 6) is -0.363. The number of likely N-dealkylation sites (tertiary alicyclic amines) is 1. The Morgan fingerprint density at radius 3 is 2.80 bits per heavy atom. The van der Waals surface area contributed by atoms with Gasteiger partial charge in [-0.3, -0.25) is 9.59 Å². The SMILES string of the molecule is CCOC(=O)C1CCCN(C(=O)Cc2coc3cc(C)c(C)cc23)C1. The Morgan fingerprint density at radius 1 is 1.28 bits per heavy atom. The van der Waals surface area contributed by atoms with Crippen molar-refractivity contribution in [2.24, 2.45) is 5.92 Å². The lowest BCUT2D eigenvalue weighted by molar-refractivity contribution is -0.151. The summed E-state index contributed by atoms with van der Waals surface area (Å²) < 4.78 is 10.7. The first kappa shape index (κ1) is 17.5. The molecule has 2 heterocycles. The number of carbonyl (C=O) groups is 2. The number of furan rings is 1. The van der Waals surface area contributed by atoms with Crippen LogP contribution in [0.25, 0.3) is 11.0 Å². The van der Waals surface area contributed by atoms with Crippen LogP contribution in [-0.4, -0.2) is 36.5 Å². The minimum absolute atomic E-state index is 0.0370. The van der Waals surface area contributed by atoms with Gasteiger partial charge in [0.1, 0.15) is 5.58 Å². The molecule has 5 heteroatoms. The molecule has 1 unspecified atom stereocenters. The van der Waals surface area contributed by atoms with Crippen molar-refractivity contribution in [2.75, 3.05) is 19.7 Å². The van der Waals surface area contributed by atoms with E-state index in [0.29, 0.717) is 26.1 Å². The molecule has 1 aromatic carbocycles. The van der Waals surface area contributed by atoms with E-state index in [1.807, 2.05) is 13.0 Å². The second kappa shape index (κ2) is 7.30. The first-order chi connectivity index (χ1) is 12.0. The predicted octanol–water partition coefficient (Wildman–Crippen LogP) is 3.39. The van der Waals surface area contributed by atoms with Crippen molar-refractivity contribution in [2.45, 2.75) is 40.0 Å². The van der Waals surface area contributed by atoms with Crippen LogP contribution in [-0.2, 0) is 20.7 Å². The Balaban J connectivity index is 1.72. The number of hydrogen-bond acceptors (Lipinski definition) is 4. The zero-order chi connectivity index (χ0) is 18.0. The van der Waals surface area contributed by atoms with Crippen LogP contribution in [0.4, 0.5) is 0 Å². The van der Waals surface area contributed by atoms with E-state index in [0.717, 1.165) is 29.4 Å². The van der Waals surface area contributed by atoms with E-state index in [2.05, 4.69) is 13.0 Å². The minimum Gasteiger partial charge on any atom is -0.466 e. The highest BCUT2D eigenvalue weighted by Crippen LogP contribution is 2.26. The molecule has 0 saturated carbocycles. The number of nitrogens with zero attached hydrogens (tertiary/aromatic N) is 1. The van der Waals surface area contributed by atoms with E-state index in [-0.39, 0.29) is 17.8 Å². The quantitative estimate of drug-likeness (QED) is 0.799. The van der Waals surface area contributed by atoms with Gasteiger partial charge in [0.15, 0.2) is 0 Å². The van der Waals surface area contributed by atoms with Gasteiger partial charge in [-0.2, -0.15) is 0 Å². The van der Waals surface area contributed by atoms with Gasteiger partial charge in [-0.1, -0.05) is 0 Å². The molecule has 0 aliphatic carbocycles. The molecule has 2 aromatic rings. The number of fused-ring (bicyclic) bond motifs is 1. The first-order valence-corrected chi connectivity index (χ1v) is 8.91. The van der Waals surface area contributed by atoms with Crippen LogP contribution in [0.2, 0.25) is 0 Å². The highest BCUT2D eigenvalue weighted by molar-refractivity contribution is 5.88. The van der Waals surface area contributed by atoms with Crippen LogP contribution >= 0.6 is 0 Å². The number of amides is 1. The van der Waals surface area contributed by atoms with Crippen molar-refractivity contribution in [1.29, 1.82) is 0 Å². The molecular weight excluding hydrogens is 318 g/mol. The largest absolute Gasteiger partial charge is 0.466 e. The van der Waals surface area contributed by atoms with Crippen LogP contribution in [0.5, 0.6) is 0 Å². The number of rotatable bonds is 4. The lowest BCUT2D eigenvalue weighted by atomic mass is 9.97. The molecule has 0 radical (unpaired) electrons. The van der Waals surface area contributed by atoms with Gasteiger partial charge in [0, 0.05) is 24.0 Å². The molecule has 5 nitrogen and oxygen atoms in total. The van der Waals surface area contributed by atoms with E-state index >= 15 is 0 Å². The molecule has 0 spiro atoms. The van der Waals surface area contributed by atoms with E-state index < -0.39 is 0 Å². The third-order valence-corrected chi connectivity index (χ3v) is 5.01. The average molecular weight is 343 g/mol. The van der Waals surface area contributed by atoms with Crippen LogP contribution in [0.1, 0.15) is 36.5 Å². The van der Waals surface area contributed by atoms with Gasteiger partial charge in [0.25, 0.3) is 0 Å². The Bertz CT molecular complexity index is 792. The van der Waals surface area contributed by atoms with Gasteiger partial charge < -0.3 is 14.1 Å². The van der Waals surface area contributed by atoms with E-state index in [9.17, 15) is 9.59 Å². The smallest absolute Gasteiger partial charge is 0.310 e. The van der Waals surface area contributed by atoms with Gasteiger partial charge in [-0.05, 0) is 56.9 Å². The molecule has 0 N–H and O–H groups in total. The molecule has 134 valence electrons. The van der Waals surface area contributed by atoms with Crippen molar-refractivity contribution in [3.05, 3.63) is 35.1 Å². The van der Waals surface area contributed by atoms with Crippen LogP contribution in [0.15, 0.2) is 22.8 Å². The topological polar surface area (TPSA) is 59.8 Å². The Hall–Kier alpha value is -2.30. The van der Waals surface area contributed by atoms with Gasteiger partial charge in [-0.25, -0.2) is 0 Å². The summed E-state index contributed by atoms with van der Waals surface area (Å²) in [6.45, 7) is 7.43. The Labute approximate surface area is 147 Å². The molecule has 1 aliphatic rings. The van der Waals surface area contributed by atoms with Gasteiger partial charge in [0.2, 0.25) is 5.91 Å². The monoisotopic (exact) mass is 343 g/mol. The predicted molar refractivity (Wildman–Crippen MR) is 95.3 cm³/mol. The van der Waals surface area contributed by atoms with Crippen LogP contribution in [0.3, 0.4) is 0 Å². The summed E-state index contributed by atoms with van der Waals surface area (Å²) in [5.41, 5.74) is 4.08. The third-order valence-electron chi connectivity index (χ3n) is 5.01. The molecule has 3 rings (SSSR count). The van der Waals surface area contributed by atoms with Crippen molar-refractivity contribution in [3.8, 4) is 0 Å². The normalized spacial score (nSPS) is 17.7. The van der Waals surface area contributed by atoms with Crippen molar-refractivity contribution >= 4 is 22.8 Å². The maximum absolute atomic E-state index is 12.7. The van der Waals surface area contributed by atoms with Crippen molar-refractivity contribution in [1.82, 2.24) is 4.90 Å². The molecule has 1 amide bonds. The van der Waals surface area contributed by atoms with Crippen molar-refractivity contribution < 1.29 is 18.7 Å². The fourth-order valence-electron chi connectivity index (χ4n) is 3.40. The number of esters is 1. The molecule has 1 saturated heterocycles. The number of hydrogen-bond donors (Lipinski definition) is 0. The third kappa shape index (κ3) is 3.70. The van der Waals surface area contributed by atoms with E-state index in [1.165, 1.54) is 11.1 Å². The minimum atomic E-state index is -0.205. The lowest BCUT2D eigenvalue weighted by Gasteiger charge is -2.31. The molecule has 0 bridgehead atoms. The number of piperidine rings is 1. The molecule has 1 atom stereocenters. The van der Waals surface area contributed by atoms with Gasteiger partial charge in [-0.15, -0.1) is 0 Å². The van der Waals surface area contributed by atoms with E-state index in [1.54, 1.807) is 18.1 Å². The van der Waals surface area contributed by atoms with Crippen molar-refractivity contribution in [3.63, 3.8) is 0 Å². The molecule has 1 aromatic heterocycles. The Morgan fingerprint density at radius 2 is 2.04 bits per heavy atom. The highest BCUT2D eigenvalue weighted by Gasteiger charge is 2.29. The molecule has 1 aliphatic heterocycles. The highest BCUT2D eigenvalue weighted by atomic mass is 16.5. The number of ether oxygens (including phenoxy) is 1. The average Bonchev–Trinajstić information content (AvgIpc) is 2.97. The maximum atomic E-state index is 12.7. The summed E-state index contributed by atoms with van der Waals surface area (Å²) in [6, 6.07) is 4.09. The summed E-state index contributed by atoms with van der Waals surface area (Å²) in [7, 11) is 0. The zero-order valence-electron chi connectivity index (χ0n) is 15.1. The lowest BCUT2D eigenvalue weighted by Crippen LogP contribution is -2.43. The number of aryl methyl sites for hydroxylation is 2. The van der Waals surface area contributed by atoms with Crippen LogP contribution < -0.4 is 0 Å². The van der Waals surface area contributed by atoms with Gasteiger partial charge in [0.05, 0.1) is 25.2 Å². The zero-order valence-corrected chi connectivity index (χ0v) is 15.1. The van der Waals surface area contributed by atoms with E-state index in [4.69, 9.17) is 9.15 Å². The standard InChI is InChI=1S/C20H25NO4/c1-4-24-20(23)15-6-5-7-21(11-15)19(22)10-16-12-25-18-9-14(3)13(2)8-17(16)18/h8-9,12,15H,4-7,10-11H2,1-3H3. The fraction of sp³-hybridized carbons (Fsp3) is 0.500. The summed E-state index contributed by atoms with van der Waals surface area (Å²) >= 11 is 0. The summed E-state index contributed by atoms with van der Waals surface area (Å²) in [6.07, 6.45) is 3.59. The van der Waals surface area contributed by atoms with Gasteiger partial charge >= 0.3 is 5.97 Å². The first-order valence-electron chi connectivity index (χ1n) is 8.91. The van der Waals surface area contributed by atoms with Crippen LogP contribution in [0, 0.1) is 19.8 Å². The Kier molecular flexibility index (Phi) is 5.11. The molecular formula is C20H25NO4. The second-order valence-corrected chi connectivity index (χ2v) is 6.80. The molecule has 25 heavy (non-hydrogen) atoms. The summed E-state index contributed by atoms with van der Waals surface area (Å²) in [4.78, 5) is 26.5. The summed E-state index contributed by atoms with van der Waals surface area (Å²) in [5, 5.41) is 0.996. The number of benzene rings is 1. The number of carbonyl (C=O) groups excluding carboxylic acids is 2.